The minimum Gasteiger partial charge on any atom is -0.507 e. The Balaban J connectivity index is 3.05. The van der Waals surface area contributed by atoms with Gasteiger partial charge in [-0.1, -0.05) is 25.1 Å². The van der Waals surface area contributed by atoms with E-state index in [0.29, 0.717) is 5.75 Å². The van der Waals surface area contributed by atoms with Gasteiger partial charge >= 0.3 is 0 Å². The minimum atomic E-state index is 0.250. The number of aromatic hydroxyl groups is 1. The normalized spacial score (nSPS) is 12.8. The highest BCUT2D eigenvalue weighted by Crippen LogP contribution is 2.28. The van der Waals surface area contributed by atoms with Crippen molar-refractivity contribution in [3.8, 4) is 5.75 Å². The molecular formula is C11H17NO. The van der Waals surface area contributed by atoms with Crippen molar-refractivity contribution in [2.75, 3.05) is 7.05 Å². The van der Waals surface area contributed by atoms with Crippen LogP contribution in [0.15, 0.2) is 18.2 Å². The molecule has 1 unspecified atom stereocenters. The highest BCUT2D eigenvalue weighted by atomic mass is 16.3. The SMILES string of the molecule is CCC(NC)c1cccc(C)c1O. The van der Waals surface area contributed by atoms with Crippen molar-refractivity contribution in [3.63, 3.8) is 0 Å². The van der Waals surface area contributed by atoms with Gasteiger partial charge in [-0.25, -0.2) is 0 Å². The Labute approximate surface area is 79.6 Å². The van der Waals surface area contributed by atoms with E-state index in [4.69, 9.17) is 0 Å². The van der Waals surface area contributed by atoms with E-state index in [1.54, 1.807) is 0 Å². The quantitative estimate of drug-likeness (QED) is 0.746. The van der Waals surface area contributed by atoms with Crippen molar-refractivity contribution in [2.24, 2.45) is 0 Å². The third-order valence-electron chi connectivity index (χ3n) is 2.40. The second-order valence-electron chi connectivity index (χ2n) is 3.26. The Morgan fingerprint density at radius 2 is 2.15 bits per heavy atom. The first-order valence-electron chi connectivity index (χ1n) is 4.66. The monoisotopic (exact) mass is 179 g/mol. The summed E-state index contributed by atoms with van der Waals surface area (Å²) < 4.78 is 0. The molecule has 0 aliphatic carbocycles. The predicted molar refractivity (Wildman–Crippen MR) is 54.9 cm³/mol. The van der Waals surface area contributed by atoms with Crippen LogP contribution in [-0.2, 0) is 0 Å². The van der Waals surface area contributed by atoms with Gasteiger partial charge in [0.25, 0.3) is 0 Å². The van der Waals surface area contributed by atoms with Crippen molar-refractivity contribution >= 4 is 0 Å². The Morgan fingerprint density at radius 1 is 1.46 bits per heavy atom. The van der Waals surface area contributed by atoms with Crippen molar-refractivity contribution in [1.29, 1.82) is 0 Å². The summed E-state index contributed by atoms with van der Waals surface area (Å²) in [4.78, 5) is 0. The lowest BCUT2D eigenvalue weighted by atomic mass is 10.0. The minimum absolute atomic E-state index is 0.250. The summed E-state index contributed by atoms with van der Waals surface area (Å²) in [5.74, 6) is 0.420. The number of benzene rings is 1. The van der Waals surface area contributed by atoms with Gasteiger partial charge in [0.1, 0.15) is 5.75 Å². The number of para-hydroxylation sites is 1. The van der Waals surface area contributed by atoms with E-state index in [1.165, 1.54) is 0 Å². The number of hydrogen-bond donors (Lipinski definition) is 2. The Kier molecular flexibility index (Phi) is 3.32. The highest BCUT2D eigenvalue weighted by molar-refractivity contribution is 5.41. The van der Waals surface area contributed by atoms with Crippen molar-refractivity contribution in [2.45, 2.75) is 26.3 Å². The van der Waals surface area contributed by atoms with E-state index in [0.717, 1.165) is 17.5 Å². The zero-order valence-electron chi connectivity index (χ0n) is 8.46. The molecule has 2 heteroatoms. The number of hydrogen-bond acceptors (Lipinski definition) is 2. The molecule has 1 atom stereocenters. The molecule has 1 aromatic rings. The van der Waals surface area contributed by atoms with Crippen LogP contribution >= 0.6 is 0 Å². The molecule has 72 valence electrons. The molecule has 0 radical (unpaired) electrons. The molecule has 0 saturated carbocycles. The molecule has 0 spiro atoms. The summed E-state index contributed by atoms with van der Waals surface area (Å²) in [6.45, 7) is 4.02. The summed E-state index contributed by atoms with van der Waals surface area (Å²) in [6.07, 6.45) is 0.980. The smallest absolute Gasteiger partial charge is 0.123 e. The summed E-state index contributed by atoms with van der Waals surface area (Å²) in [7, 11) is 1.91. The Bertz CT molecular complexity index is 279. The summed E-state index contributed by atoms with van der Waals surface area (Å²) in [5.41, 5.74) is 1.93. The van der Waals surface area contributed by atoms with Crippen LogP contribution in [0.4, 0.5) is 0 Å². The molecule has 0 aliphatic heterocycles. The van der Waals surface area contributed by atoms with Crippen LogP contribution in [0, 0.1) is 6.92 Å². The lowest BCUT2D eigenvalue weighted by Crippen LogP contribution is -2.15. The van der Waals surface area contributed by atoms with Crippen LogP contribution in [0.2, 0.25) is 0 Å². The highest BCUT2D eigenvalue weighted by Gasteiger charge is 2.11. The van der Waals surface area contributed by atoms with Crippen LogP contribution in [-0.4, -0.2) is 12.2 Å². The fourth-order valence-corrected chi connectivity index (χ4v) is 1.54. The molecule has 0 fully saturated rings. The molecule has 0 heterocycles. The van der Waals surface area contributed by atoms with Crippen LogP contribution in [0.3, 0.4) is 0 Å². The van der Waals surface area contributed by atoms with E-state index in [9.17, 15) is 5.11 Å². The van der Waals surface area contributed by atoms with Gasteiger partial charge in [-0.2, -0.15) is 0 Å². The average Bonchev–Trinajstić information content (AvgIpc) is 2.14. The summed E-state index contributed by atoms with van der Waals surface area (Å²) in [5, 5.41) is 13.0. The van der Waals surface area contributed by atoms with Crippen LogP contribution in [0.1, 0.15) is 30.5 Å². The molecule has 2 nitrogen and oxygen atoms in total. The predicted octanol–water partition coefficient (Wildman–Crippen LogP) is 2.37. The zero-order chi connectivity index (χ0) is 9.84. The first-order valence-corrected chi connectivity index (χ1v) is 4.66. The molecule has 0 aliphatic rings. The van der Waals surface area contributed by atoms with E-state index < -0.39 is 0 Å². The maximum Gasteiger partial charge on any atom is 0.123 e. The summed E-state index contributed by atoms with van der Waals surface area (Å²) in [6, 6.07) is 6.11. The molecule has 0 amide bonds. The fourth-order valence-electron chi connectivity index (χ4n) is 1.54. The maximum absolute atomic E-state index is 9.79. The lowest BCUT2D eigenvalue weighted by Gasteiger charge is -2.16. The molecule has 0 aromatic heterocycles. The third kappa shape index (κ3) is 2.01. The Hall–Kier alpha value is -1.02. The first-order chi connectivity index (χ1) is 6.20. The van der Waals surface area contributed by atoms with E-state index in [-0.39, 0.29) is 6.04 Å². The molecule has 1 rings (SSSR count). The number of nitrogens with one attached hydrogen (secondary N) is 1. The van der Waals surface area contributed by atoms with Gasteiger partial charge < -0.3 is 10.4 Å². The van der Waals surface area contributed by atoms with Crippen molar-refractivity contribution < 1.29 is 5.11 Å². The van der Waals surface area contributed by atoms with Crippen LogP contribution in [0.5, 0.6) is 5.75 Å². The molecule has 0 saturated heterocycles. The van der Waals surface area contributed by atoms with Crippen LogP contribution in [0.25, 0.3) is 0 Å². The van der Waals surface area contributed by atoms with Crippen molar-refractivity contribution in [1.82, 2.24) is 5.32 Å². The molecule has 13 heavy (non-hydrogen) atoms. The van der Waals surface area contributed by atoms with Gasteiger partial charge in [0.2, 0.25) is 0 Å². The Morgan fingerprint density at radius 3 is 2.69 bits per heavy atom. The van der Waals surface area contributed by atoms with Gasteiger partial charge in [-0.05, 0) is 26.0 Å². The first kappa shape index (κ1) is 10.1. The topological polar surface area (TPSA) is 32.3 Å². The molecule has 2 N–H and O–H groups in total. The van der Waals surface area contributed by atoms with Gasteiger partial charge in [0.05, 0.1) is 0 Å². The van der Waals surface area contributed by atoms with E-state index in [1.807, 2.05) is 32.2 Å². The van der Waals surface area contributed by atoms with E-state index >= 15 is 0 Å². The van der Waals surface area contributed by atoms with Crippen molar-refractivity contribution in [3.05, 3.63) is 29.3 Å². The maximum atomic E-state index is 9.79. The molecule has 1 aromatic carbocycles. The number of rotatable bonds is 3. The average molecular weight is 179 g/mol. The van der Waals surface area contributed by atoms with Gasteiger partial charge in [0.15, 0.2) is 0 Å². The third-order valence-corrected chi connectivity index (χ3v) is 2.40. The zero-order valence-corrected chi connectivity index (χ0v) is 8.46. The van der Waals surface area contributed by atoms with Crippen LogP contribution < -0.4 is 5.32 Å². The second kappa shape index (κ2) is 4.28. The van der Waals surface area contributed by atoms with Gasteiger partial charge in [-0.3, -0.25) is 0 Å². The second-order valence-corrected chi connectivity index (χ2v) is 3.26. The number of phenols is 1. The summed E-state index contributed by atoms with van der Waals surface area (Å²) >= 11 is 0. The standard InChI is InChI=1S/C11H17NO/c1-4-10(12-3)9-7-5-6-8(2)11(9)13/h5-7,10,12-13H,4H2,1-3H3. The largest absolute Gasteiger partial charge is 0.507 e. The number of phenolic OH excluding ortho intramolecular Hbond substituents is 1. The van der Waals surface area contributed by atoms with Gasteiger partial charge in [-0.15, -0.1) is 0 Å². The molecular weight excluding hydrogens is 162 g/mol. The van der Waals surface area contributed by atoms with E-state index in [2.05, 4.69) is 12.2 Å². The number of aryl methyl sites for hydroxylation is 1. The van der Waals surface area contributed by atoms with Gasteiger partial charge in [0, 0.05) is 11.6 Å². The lowest BCUT2D eigenvalue weighted by molar-refractivity contribution is 0.446. The molecule has 0 bridgehead atoms. The fraction of sp³-hybridized carbons (Fsp3) is 0.455.